The predicted octanol–water partition coefficient (Wildman–Crippen LogP) is 3.03. The molecule has 0 aromatic rings. The van der Waals surface area contributed by atoms with Crippen molar-refractivity contribution in [1.29, 1.82) is 0 Å². The molecule has 17 heavy (non-hydrogen) atoms. The van der Waals surface area contributed by atoms with Crippen LogP contribution >= 0.6 is 0 Å². The fourth-order valence-electron chi connectivity index (χ4n) is 1.76. The summed E-state index contributed by atoms with van der Waals surface area (Å²) >= 11 is 0. The highest BCUT2D eigenvalue weighted by molar-refractivity contribution is 5.58. The molecule has 0 saturated carbocycles. The highest BCUT2D eigenvalue weighted by atomic mass is 19.4. The first kappa shape index (κ1) is 14.1. The zero-order valence-corrected chi connectivity index (χ0v) is 10.8. The molecule has 0 aromatic heterocycles. The zero-order chi connectivity index (χ0) is 13.3. The summed E-state index contributed by atoms with van der Waals surface area (Å²) in [6.07, 6.45) is -3.06. The summed E-state index contributed by atoms with van der Waals surface area (Å²) in [5, 5.41) is 5.02. The first-order valence-corrected chi connectivity index (χ1v) is 5.84. The number of hydrogen-bond donors (Lipinski definition) is 0. The molecule has 0 bridgehead atoms. The minimum atomic E-state index is -4.29. The molecule has 1 aliphatic rings. The maximum atomic E-state index is 13.1. The van der Waals surface area contributed by atoms with Gasteiger partial charge in [-0.1, -0.05) is 13.3 Å². The molecular formula is C11H20F3N3. The number of hydrogen-bond acceptors (Lipinski definition) is 3. The van der Waals surface area contributed by atoms with Crippen molar-refractivity contribution >= 4 is 6.34 Å². The lowest BCUT2D eigenvalue weighted by atomic mass is 10.1. The van der Waals surface area contributed by atoms with E-state index in [1.807, 2.05) is 6.92 Å². The Labute approximate surface area is 100 Å². The van der Waals surface area contributed by atoms with Crippen molar-refractivity contribution in [3.05, 3.63) is 0 Å². The number of rotatable bonds is 3. The van der Waals surface area contributed by atoms with Crippen LogP contribution in [0.4, 0.5) is 13.2 Å². The van der Waals surface area contributed by atoms with Crippen molar-refractivity contribution in [3.8, 4) is 0 Å². The van der Waals surface area contributed by atoms with E-state index in [0.29, 0.717) is 13.0 Å². The highest BCUT2D eigenvalue weighted by Gasteiger charge is 2.51. The van der Waals surface area contributed by atoms with Crippen molar-refractivity contribution in [2.45, 2.75) is 58.4 Å². The Morgan fingerprint density at radius 2 is 1.82 bits per heavy atom. The lowest BCUT2D eigenvalue weighted by Crippen LogP contribution is -2.56. The van der Waals surface area contributed by atoms with E-state index in [4.69, 9.17) is 0 Å². The maximum absolute atomic E-state index is 13.1. The fraction of sp³-hybridized carbons (Fsp3) is 0.909. The van der Waals surface area contributed by atoms with Gasteiger partial charge in [-0.3, -0.25) is 5.01 Å². The van der Waals surface area contributed by atoms with Crippen LogP contribution in [0.1, 0.15) is 40.5 Å². The third-order valence-corrected chi connectivity index (χ3v) is 2.68. The second-order valence-corrected chi connectivity index (χ2v) is 5.24. The Balaban J connectivity index is 2.86. The third-order valence-electron chi connectivity index (χ3n) is 2.68. The minimum absolute atomic E-state index is 0.337. The number of hydrazone groups is 1. The maximum Gasteiger partial charge on any atom is 0.429 e. The summed E-state index contributed by atoms with van der Waals surface area (Å²) < 4.78 is 39.2. The summed E-state index contributed by atoms with van der Waals surface area (Å²) in [6, 6.07) is 0. The number of alkyl halides is 3. The Kier molecular flexibility index (Phi) is 3.94. The zero-order valence-electron chi connectivity index (χ0n) is 10.8. The highest BCUT2D eigenvalue weighted by Crippen LogP contribution is 2.34. The molecule has 0 aromatic carbocycles. The molecule has 1 atom stereocenters. The Bertz CT molecular complexity index is 281. The van der Waals surface area contributed by atoms with Crippen molar-refractivity contribution in [2.24, 2.45) is 5.10 Å². The molecule has 1 unspecified atom stereocenters. The van der Waals surface area contributed by atoms with E-state index in [2.05, 4.69) is 5.10 Å². The molecule has 0 N–H and O–H groups in total. The van der Waals surface area contributed by atoms with E-state index in [1.165, 1.54) is 11.2 Å². The van der Waals surface area contributed by atoms with Crippen molar-refractivity contribution < 1.29 is 13.2 Å². The Hall–Kier alpha value is -0.940. The molecule has 100 valence electrons. The van der Waals surface area contributed by atoms with Crippen LogP contribution in [0.25, 0.3) is 0 Å². The first-order chi connectivity index (χ1) is 7.68. The standard InChI is InChI=1S/C11H20F3N3/c1-5-6-7-17-9(11(12,13)14)16(8-15-17)10(2,3)4/h8-9H,5-7H2,1-4H3. The molecule has 0 fully saturated rings. The van der Waals surface area contributed by atoms with E-state index in [0.717, 1.165) is 11.4 Å². The smallest absolute Gasteiger partial charge is 0.327 e. The SMILES string of the molecule is CCCCN1N=CN(C(C)(C)C)C1C(F)(F)F. The van der Waals surface area contributed by atoms with E-state index < -0.39 is 17.9 Å². The van der Waals surface area contributed by atoms with Gasteiger partial charge in [-0.25, -0.2) is 0 Å². The summed E-state index contributed by atoms with van der Waals surface area (Å²) in [6.45, 7) is 7.54. The number of unbranched alkanes of at least 4 members (excludes halogenated alkanes) is 1. The van der Waals surface area contributed by atoms with Crippen molar-refractivity contribution in [1.82, 2.24) is 9.91 Å². The van der Waals surface area contributed by atoms with Gasteiger partial charge in [-0.2, -0.15) is 18.3 Å². The third kappa shape index (κ3) is 3.26. The molecule has 0 saturated heterocycles. The van der Waals surface area contributed by atoms with Crippen LogP contribution in [0, 0.1) is 0 Å². The van der Waals surface area contributed by atoms with E-state index in [-0.39, 0.29) is 0 Å². The fourth-order valence-corrected chi connectivity index (χ4v) is 1.76. The lowest BCUT2D eigenvalue weighted by molar-refractivity contribution is -0.216. The normalized spacial score (nSPS) is 21.5. The van der Waals surface area contributed by atoms with Gasteiger partial charge in [0, 0.05) is 12.1 Å². The van der Waals surface area contributed by atoms with Gasteiger partial charge in [0.15, 0.2) is 0 Å². The predicted molar refractivity (Wildman–Crippen MR) is 61.5 cm³/mol. The average Bonchev–Trinajstić information content (AvgIpc) is 2.56. The van der Waals surface area contributed by atoms with Crippen LogP contribution in [0.5, 0.6) is 0 Å². The Morgan fingerprint density at radius 1 is 1.24 bits per heavy atom. The lowest BCUT2D eigenvalue weighted by Gasteiger charge is -2.39. The van der Waals surface area contributed by atoms with Crippen LogP contribution in [-0.2, 0) is 0 Å². The van der Waals surface area contributed by atoms with Gasteiger partial charge < -0.3 is 4.90 Å². The summed E-state index contributed by atoms with van der Waals surface area (Å²) in [7, 11) is 0. The van der Waals surface area contributed by atoms with Gasteiger partial charge in [0.2, 0.25) is 6.17 Å². The van der Waals surface area contributed by atoms with Gasteiger partial charge >= 0.3 is 6.18 Å². The van der Waals surface area contributed by atoms with Crippen LogP contribution in [0.3, 0.4) is 0 Å². The second kappa shape index (κ2) is 4.74. The van der Waals surface area contributed by atoms with E-state index in [1.54, 1.807) is 20.8 Å². The Morgan fingerprint density at radius 3 is 2.24 bits per heavy atom. The minimum Gasteiger partial charge on any atom is -0.327 e. The molecule has 1 heterocycles. The van der Waals surface area contributed by atoms with E-state index >= 15 is 0 Å². The average molecular weight is 251 g/mol. The molecule has 0 radical (unpaired) electrons. The molecule has 6 heteroatoms. The topological polar surface area (TPSA) is 18.8 Å². The van der Waals surface area contributed by atoms with Gasteiger partial charge in [0.25, 0.3) is 0 Å². The van der Waals surface area contributed by atoms with Crippen molar-refractivity contribution in [3.63, 3.8) is 0 Å². The largest absolute Gasteiger partial charge is 0.429 e. The molecule has 0 amide bonds. The van der Waals surface area contributed by atoms with Crippen LogP contribution in [-0.4, -0.2) is 40.7 Å². The molecular weight excluding hydrogens is 231 g/mol. The van der Waals surface area contributed by atoms with Gasteiger partial charge in [-0.05, 0) is 27.2 Å². The quantitative estimate of drug-likeness (QED) is 0.767. The van der Waals surface area contributed by atoms with Gasteiger partial charge in [0.05, 0.1) is 0 Å². The molecule has 1 rings (SSSR count). The molecule has 1 aliphatic heterocycles. The van der Waals surface area contributed by atoms with Crippen LogP contribution < -0.4 is 0 Å². The number of nitrogens with zero attached hydrogens (tertiary/aromatic N) is 3. The van der Waals surface area contributed by atoms with E-state index in [9.17, 15) is 13.2 Å². The van der Waals surface area contributed by atoms with Crippen LogP contribution in [0.2, 0.25) is 0 Å². The first-order valence-electron chi connectivity index (χ1n) is 5.84. The van der Waals surface area contributed by atoms with Gasteiger partial charge in [-0.15, -0.1) is 0 Å². The molecule has 3 nitrogen and oxygen atoms in total. The van der Waals surface area contributed by atoms with Gasteiger partial charge in [0.1, 0.15) is 6.34 Å². The second-order valence-electron chi connectivity index (χ2n) is 5.24. The van der Waals surface area contributed by atoms with Crippen LogP contribution in [0.15, 0.2) is 5.10 Å². The monoisotopic (exact) mass is 251 g/mol. The molecule has 0 spiro atoms. The molecule has 0 aliphatic carbocycles. The van der Waals surface area contributed by atoms with Crippen molar-refractivity contribution in [2.75, 3.05) is 6.54 Å². The summed E-state index contributed by atoms with van der Waals surface area (Å²) in [5.41, 5.74) is -0.593. The summed E-state index contributed by atoms with van der Waals surface area (Å²) in [5.74, 6) is 0. The number of halogens is 3. The summed E-state index contributed by atoms with van der Waals surface area (Å²) in [4.78, 5) is 1.27.